The molecule has 1 radical (unpaired) electrons. The Bertz CT molecular complexity index is 321. The SMILES string of the molecule is O=C([O-])CN(CCN(CC(=O)[O-])CC(=O)[O-])CC(=O)[O-].[Nb]. The Morgan fingerprint density at radius 2 is 0.762 bits per heavy atom. The minimum absolute atomic E-state index is 0. The van der Waals surface area contributed by atoms with Crippen LogP contribution in [0.4, 0.5) is 0 Å². The molecule has 0 amide bonds. The molecule has 0 aliphatic carbocycles. The van der Waals surface area contributed by atoms with Gasteiger partial charge in [0.05, 0.1) is 23.9 Å². The number of hydrogen-bond acceptors (Lipinski definition) is 10. The fraction of sp³-hybridized carbons (Fsp3) is 0.600. The van der Waals surface area contributed by atoms with E-state index in [0.717, 1.165) is 9.80 Å². The van der Waals surface area contributed by atoms with Gasteiger partial charge < -0.3 is 39.6 Å². The number of carboxylic acid groups (broad SMARTS) is 4. The van der Waals surface area contributed by atoms with Crippen molar-refractivity contribution >= 4 is 23.9 Å². The Morgan fingerprint density at radius 1 is 0.571 bits per heavy atom. The van der Waals surface area contributed by atoms with E-state index in [1.165, 1.54) is 0 Å². The molecule has 119 valence electrons. The average molecular weight is 381 g/mol. The van der Waals surface area contributed by atoms with Gasteiger partial charge in [-0.05, 0) is 0 Å². The molecular formula is C10H12N2NbO8-4. The predicted octanol–water partition coefficient (Wildman–Crippen LogP) is -7.41. The molecular weight excluding hydrogens is 369 g/mol. The van der Waals surface area contributed by atoms with Crippen molar-refractivity contribution in [2.75, 3.05) is 39.3 Å². The van der Waals surface area contributed by atoms with Gasteiger partial charge in [-0.1, -0.05) is 0 Å². The normalized spacial score (nSPS) is 10.2. The van der Waals surface area contributed by atoms with Gasteiger partial charge in [-0.25, -0.2) is 0 Å². The summed E-state index contributed by atoms with van der Waals surface area (Å²) in [5, 5.41) is 41.6. The summed E-state index contributed by atoms with van der Waals surface area (Å²) < 4.78 is 0. The molecule has 0 fully saturated rings. The monoisotopic (exact) mass is 381 g/mol. The Hall–Kier alpha value is -1.46. The number of nitrogens with zero attached hydrogens (tertiary/aromatic N) is 2. The van der Waals surface area contributed by atoms with E-state index in [1.54, 1.807) is 0 Å². The van der Waals surface area contributed by atoms with Crippen molar-refractivity contribution in [3.05, 3.63) is 0 Å². The van der Waals surface area contributed by atoms with E-state index in [9.17, 15) is 39.6 Å². The summed E-state index contributed by atoms with van der Waals surface area (Å²) in [6.45, 7) is -3.25. The molecule has 21 heavy (non-hydrogen) atoms. The standard InChI is InChI=1S/C10H16N2O8.Nb/c13-7(14)3-11(4-8(15)16)1-2-12(5-9(17)18)6-10(19)20;/h1-6H2,(H,13,14)(H,15,16)(H,17,18)(H,19,20);/p-4. The molecule has 11 heteroatoms. The van der Waals surface area contributed by atoms with Crippen LogP contribution in [-0.2, 0) is 41.6 Å². The molecule has 0 bridgehead atoms. The molecule has 0 aromatic heterocycles. The van der Waals surface area contributed by atoms with Crippen LogP contribution < -0.4 is 20.4 Å². The van der Waals surface area contributed by atoms with Crippen LogP contribution in [0, 0.1) is 0 Å². The van der Waals surface area contributed by atoms with Crippen LogP contribution >= 0.6 is 0 Å². The number of carbonyl (C=O) groups excluding carboxylic acids is 4. The number of carbonyl (C=O) groups is 4. The second-order valence-electron chi connectivity index (χ2n) is 3.91. The van der Waals surface area contributed by atoms with Gasteiger partial charge in [0, 0.05) is 61.6 Å². The van der Waals surface area contributed by atoms with Crippen molar-refractivity contribution in [2.45, 2.75) is 0 Å². The molecule has 0 unspecified atom stereocenters. The second-order valence-corrected chi connectivity index (χ2v) is 3.91. The first kappa shape index (κ1) is 21.8. The van der Waals surface area contributed by atoms with Crippen LogP contribution in [0.2, 0.25) is 0 Å². The van der Waals surface area contributed by atoms with Gasteiger partial charge in [0.1, 0.15) is 0 Å². The van der Waals surface area contributed by atoms with E-state index in [-0.39, 0.29) is 35.5 Å². The summed E-state index contributed by atoms with van der Waals surface area (Å²) >= 11 is 0. The topological polar surface area (TPSA) is 167 Å². The Kier molecular flexibility index (Phi) is 11.7. The number of rotatable bonds is 11. The molecule has 0 aliphatic rings. The molecule has 0 aromatic carbocycles. The summed E-state index contributed by atoms with van der Waals surface area (Å²) in [6.07, 6.45) is 0. The molecule has 0 saturated carbocycles. The summed E-state index contributed by atoms with van der Waals surface area (Å²) in [6, 6.07) is 0. The van der Waals surface area contributed by atoms with Gasteiger partial charge >= 0.3 is 0 Å². The molecule has 0 N–H and O–H groups in total. The second kappa shape index (κ2) is 11.2. The third-order valence-corrected chi connectivity index (χ3v) is 2.14. The molecule has 10 nitrogen and oxygen atoms in total. The summed E-state index contributed by atoms with van der Waals surface area (Å²) in [4.78, 5) is 43.4. The molecule has 0 atom stereocenters. The molecule has 0 spiro atoms. The summed E-state index contributed by atoms with van der Waals surface area (Å²) in [5.74, 6) is -6.12. The Labute approximate surface area is 135 Å². The van der Waals surface area contributed by atoms with Crippen molar-refractivity contribution in [2.24, 2.45) is 0 Å². The van der Waals surface area contributed by atoms with Crippen molar-refractivity contribution in [3.63, 3.8) is 0 Å². The third kappa shape index (κ3) is 13.3. The van der Waals surface area contributed by atoms with Gasteiger partial charge in [0.2, 0.25) is 0 Å². The zero-order chi connectivity index (χ0) is 15.7. The summed E-state index contributed by atoms with van der Waals surface area (Å²) in [5.41, 5.74) is 0. The number of hydrogen-bond donors (Lipinski definition) is 0. The smallest absolute Gasteiger partial charge is 0.0555 e. The number of carboxylic acids is 4. The first-order valence-electron chi connectivity index (χ1n) is 5.44. The number of aliphatic carboxylic acids is 4. The van der Waals surface area contributed by atoms with E-state index in [1.807, 2.05) is 0 Å². The van der Waals surface area contributed by atoms with Crippen LogP contribution in [-0.4, -0.2) is 72.9 Å². The van der Waals surface area contributed by atoms with Crippen LogP contribution in [0.15, 0.2) is 0 Å². The minimum Gasteiger partial charge on any atom is -0.549 e. The molecule has 0 aliphatic heterocycles. The van der Waals surface area contributed by atoms with Crippen molar-refractivity contribution in [3.8, 4) is 0 Å². The minimum atomic E-state index is -1.53. The van der Waals surface area contributed by atoms with E-state index in [2.05, 4.69) is 0 Å². The van der Waals surface area contributed by atoms with Crippen LogP contribution in [0.25, 0.3) is 0 Å². The van der Waals surface area contributed by atoms with Gasteiger partial charge in [0.15, 0.2) is 0 Å². The van der Waals surface area contributed by atoms with E-state index in [0.29, 0.717) is 0 Å². The maximum absolute atomic E-state index is 10.4. The zero-order valence-electron chi connectivity index (χ0n) is 10.9. The zero-order valence-corrected chi connectivity index (χ0v) is 13.0. The Balaban J connectivity index is 0. The first-order chi connectivity index (χ1) is 9.20. The van der Waals surface area contributed by atoms with Crippen molar-refractivity contribution in [1.29, 1.82) is 0 Å². The van der Waals surface area contributed by atoms with Crippen LogP contribution in [0.3, 0.4) is 0 Å². The molecule has 0 heterocycles. The van der Waals surface area contributed by atoms with Gasteiger partial charge in [-0.3, -0.25) is 9.80 Å². The maximum Gasteiger partial charge on any atom is 0.0555 e. The first-order valence-corrected chi connectivity index (χ1v) is 5.44. The van der Waals surface area contributed by atoms with Crippen LogP contribution in [0.1, 0.15) is 0 Å². The maximum atomic E-state index is 10.4. The Morgan fingerprint density at radius 3 is 0.905 bits per heavy atom. The molecule has 0 saturated heterocycles. The quantitative estimate of drug-likeness (QED) is 0.314. The molecule has 0 rings (SSSR count). The molecule has 0 aromatic rings. The van der Waals surface area contributed by atoms with Gasteiger partial charge in [-0.15, -0.1) is 0 Å². The van der Waals surface area contributed by atoms with Gasteiger partial charge in [-0.2, -0.15) is 0 Å². The predicted molar refractivity (Wildman–Crippen MR) is 52.9 cm³/mol. The van der Waals surface area contributed by atoms with Gasteiger partial charge in [0.25, 0.3) is 0 Å². The summed E-state index contributed by atoms with van der Waals surface area (Å²) in [7, 11) is 0. The van der Waals surface area contributed by atoms with E-state index in [4.69, 9.17) is 0 Å². The largest absolute Gasteiger partial charge is 0.549 e. The van der Waals surface area contributed by atoms with Crippen LogP contribution in [0.5, 0.6) is 0 Å². The fourth-order valence-electron chi connectivity index (χ4n) is 1.44. The third-order valence-electron chi connectivity index (χ3n) is 2.14. The van der Waals surface area contributed by atoms with E-state index >= 15 is 0 Å². The van der Waals surface area contributed by atoms with Crippen molar-refractivity contribution in [1.82, 2.24) is 9.80 Å². The van der Waals surface area contributed by atoms with Crippen molar-refractivity contribution < 1.29 is 62.0 Å². The average Bonchev–Trinajstić information content (AvgIpc) is 2.22. The van der Waals surface area contributed by atoms with E-state index < -0.39 is 50.1 Å². The fourth-order valence-corrected chi connectivity index (χ4v) is 1.44.